The van der Waals surface area contributed by atoms with Crippen molar-refractivity contribution in [1.82, 2.24) is 14.9 Å². The van der Waals surface area contributed by atoms with Gasteiger partial charge in [0.2, 0.25) is 0 Å². The summed E-state index contributed by atoms with van der Waals surface area (Å²) in [5.41, 5.74) is 1.85. The molecule has 1 saturated heterocycles. The Hall–Kier alpha value is -2.58. The van der Waals surface area contributed by atoms with Crippen LogP contribution in [0, 0.1) is 12.7 Å². The molecule has 1 unspecified atom stereocenters. The van der Waals surface area contributed by atoms with Crippen LogP contribution in [0.3, 0.4) is 0 Å². The van der Waals surface area contributed by atoms with Crippen LogP contribution in [-0.2, 0) is 9.84 Å². The van der Waals surface area contributed by atoms with Gasteiger partial charge in [-0.15, -0.1) is 0 Å². The Balaban J connectivity index is 1.36. The number of likely N-dealkylation sites (tertiary alicyclic amines) is 1. The molecule has 0 radical (unpaired) electrons. The number of sulfone groups is 1. The number of hydrogen-bond donors (Lipinski definition) is 1. The maximum absolute atomic E-state index is 13.1. The average molecular weight is 429 g/mol. The van der Waals surface area contributed by atoms with Gasteiger partial charge in [-0.3, -0.25) is 4.98 Å². The highest BCUT2D eigenvalue weighted by molar-refractivity contribution is 7.92. The van der Waals surface area contributed by atoms with E-state index in [2.05, 4.69) is 20.2 Å². The highest BCUT2D eigenvalue weighted by Gasteiger charge is 2.31. The van der Waals surface area contributed by atoms with Crippen LogP contribution in [0.5, 0.6) is 0 Å². The van der Waals surface area contributed by atoms with Crippen LogP contribution in [-0.4, -0.2) is 54.7 Å². The van der Waals surface area contributed by atoms with E-state index in [9.17, 15) is 12.8 Å². The number of anilines is 1. The monoisotopic (exact) mass is 428 g/mol. The molecular formula is C22H25FN4O2S. The summed E-state index contributed by atoms with van der Waals surface area (Å²) in [5.74, 6) is 0.361. The third-order valence-electron chi connectivity index (χ3n) is 5.59. The first-order valence-corrected chi connectivity index (χ1v) is 11.7. The lowest BCUT2D eigenvalue weighted by Gasteiger charge is -2.32. The third-order valence-corrected chi connectivity index (χ3v) is 7.78. The van der Waals surface area contributed by atoms with Gasteiger partial charge in [0.25, 0.3) is 0 Å². The summed E-state index contributed by atoms with van der Waals surface area (Å²) in [4.78, 5) is 11.3. The van der Waals surface area contributed by atoms with E-state index in [0.29, 0.717) is 19.5 Å². The fourth-order valence-electron chi connectivity index (χ4n) is 3.92. The molecule has 1 aliphatic rings. The van der Waals surface area contributed by atoms with Crippen molar-refractivity contribution in [3.8, 4) is 0 Å². The molecule has 3 heterocycles. The zero-order chi connectivity index (χ0) is 21.1. The highest BCUT2D eigenvalue weighted by Crippen LogP contribution is 2.24. The molecule has 1 aliphatic heterocycles. The maximum Gasteiger partial charge on any atom is 0.182 e. The molecule has 6 nitrogen and oxygen atoms in total. The maximum atomic E-state index is 13.1. The zero-order valence-corrected chi connectivity index (χ0v) is 17.7. The van der Waals surface area contributed by atoms with Gasteiger partial charge in [0.05, 0.1) is 15.7 Å². The van der Waals surface area contributed by atoms with E-state index in [1.165, 1.54) is 24.3 Å². The normalized spacial score (nSPS) is 17.9. The smallest absolute Gasteiger partial charge is 0.182 e. The second-order valence-corrected chi connectivity index (χ2v) is 9.88. The predicted octanol–water partition coefficient (Wildman–Crippen LogP) is 3.43. The van der Waals surface area contributed by atoms with Crippen LogP contribution >= 0.6 is 0 Å². The quantitative estimate of drug-likeness (QED) is 0.607. The first kappa shape index (κ1) is 20.7. The first-order chi connectivity index (χ1) is 14.4. The van der Waals surface area contributed by atoms with Gasteiger partial charge in [-0.05, 0) is 68.8 Å². The largest absolute Gasteiger partial charge is 0.369 e. The van der Waals surface area contributed by atoms with Crippen molar-refractivity contribution >= 4 is 26.6 Å². The number of rotatable bonds is 6. The van der Waals surface area contributed by atoms with Crippen LogP contribution in [0.15, 0.2) is 53.6 Å². The van der Waals surface area contributed by atoms with Gasteiger partial charge in [0, 0.05) is 36.9 Å². The molecule has 158 valence electrons. The number of pyridine rings is 2. The van der Waals surface area contributed by atoms with E-state index in [4.69, 9.17) is 0 Å². The zero-order valence-electron chi connectivity index (χ0n) is 16.9. The Morgan fingerprint density at radius 1 is 1.17 bits per heavy atom. The number of aryl methyl sites for hydroxylation is 1. The van der Waals surface area contributed by atoms with Gasteiger partial charge in [-0.1, -0.05) is 0 Å². The van der Waals surface area contributed by atoms with Crippen LogP contribution in [0.4, 0.5) is 10.2 Å². The van der Waals surface area contributed by atoms with Crippen LogP contribution in [0.1, 0.15) is 18.5 Å². The molecule has 0 amide bonds. The van der Waals surface area contributed by atoms with Crippen molar-refractivity contribution in [1.29, 1.82) is 0 Å². The molecule has 2 aromatic heterocycles. The summed E-state index contributed by atoms with van der Waals surface area (Å²) < 4.78 is 39.0. The van der Waals surface area contributed by atoms with Gasteiger partial charge in [-0.2, -0.15) is 0 Å². The average Bonchev–Trinajstić information content (AvgIpc) is 2.74. The minimum Gasteiger partial charge on any atom is -0.369 e. The van der Waals surface area contributed by atoms with E-state index >= 15 is 0 Å². The molecule has 1 atom stereocenters. The van der Waals surface area contributed by atoms with Crippen molar-refractivity contribution in [3.63, 3.8) is 0 Å². The van der Waals surface area contributed by atoms with E-state index < -0.39 is 20.9 Å². The SMILES string of the molecule is Cc1nccc2nc(NCCN3CCCC(S(=O)(=O)c4ccc(F)cc4)C3)ccc12. The summed E-state index contributed by atoms with van der Waals surface area (Å²) in [6.45, 7) is 4.71. The van der Waals surface area contributed by atoms with Crippen molar-refractivity contribution in [3.05, 3.63) is 60.2 Å². The summed E-state index contributed by atoms with van der Waals surface area (Å²) >= 11 is 0. The van der Waals surface area contributed by atoms with Crippen molar-refractivity contribution in [2.75, 3.05) is 31.5 Å². The Labute approximate surface area is 176 Å². The van der Waals surface area contributed by atoms with E-state index in [1.807, 2.05) is 25.1 Å². The molecule has 0 spiro atoms. The molecular weight excluding hydrogens is 403 g/mol. The molecule has 3 aromatic rings. The van der Waals surface area contributed by atoms with Gasteiger partial charge >= 0.3 is 0 Å². The molecule has 8 heteroatoms. The fraction of sp³-hybridized carbons (Fsp3) is 0.364. The number of aromatic nitrogens is 2. The molecule has 1 N–H and O–H groups in total. The molecule has 4 rings (SSSR count). The Kier molecular flexibility index (Phi) is 5.97. The number of nitrogens with zero attached hydrogens (tertiary/aromatic N) is 3. The van der Waals surface area contributed by atoms with Crippen molar-refractivity contribution in [2.45, 2.75) is 29.9 Å². The topological polar surface area (TPSA) is 75.2 Å². The summed E-state index contributed by atoms with van der Waals surface area (Å²) in [6.07, 6.45) is 3.21. The molecule has 1 aromatic carbocycles. The lowest BCUT2D eigenvalue weighted by molar-refractivity contribution is 0.238. The van der Waals surface area contributed by atoms with E-state index in [1.54, 1.807) is 6.20 Å². The minimum atomic E-state index is -3.46. The minimum absolute atomic E-state index is 0.194. The van der Waals surface area contributed by atoms with Crippen molar-refractivity contribution < 1.29 is 12.8 Å². The molecule has 0 bridgehead atoms. The lowest BCUT2D eigenvalue weighted by atomic mass is 10.1. The fourth-order valence-corrected chi connectivity index (χ4v) is 5.71. The van der Waals surface area contributed by atoms with Gasteiger partial charge in [0.1, 0.15) is 11.6 Å². The second-order valence-electron chi connectivity index (χ2n) is 7.65. The van der Waals surface area contributed by atoms with Crippen LogP contribution in [0.25, 0.3) is 10.9 Å². The number of fused-ring (bicyclic) bond motifs is 1. The standard InChI is InChI=1S/C22H25FN4O2S/c1-16-20-8-9-22(26-21(20)10-11-24-16)25-12-14-27-13-2-3-19(15-27)30(28,29)18-6-4-17(23)5-7-18/h4-11,19H,2-3,12-15H2,1H3,(H,25,26). The number of nitrogens with one attached hydrogen (secondary N) is 1. The Morgan fingerprint density at radius 3 is 2.77 bits per heavy atom. The first-order valence-electron chi connectivity index (χ1n) is 10.1. The molecule has 0 saturated carbocycles. The van der Waals surface area contributed by atoms with Gasteiger partial charge in [-0.25, -0.2) is 17.8 Å². The number of hydrogen-bond acceptors (Lipinski definition) is 6. The number of halogens is 1. The second kappa shape index (κ2) is 8.65. The molecule has 0 aliphatic carbocycles. The van der Waals surface area contributed by atoms with Gasteiger partial charge < -0.3 is 10.2 Å². The Morgan fingerprint density at radius 2 is 1.97 bits per heavy atom. The lowest BCUT2D eigenvalue weighted by Crippen LogP contribution is -2.43. The summed E-state index contributed by atoms with van der Waals surface area (Å²) in [6, 6.07) is 11.0. The Bertz CT molecular complexity index is 1140. The van der Waals surface area contributed by atoms with Crippen molar-refractivity contribution in [2.24, 2.45) is 0 Å². The summed E-state index contributed by atoms with van der Waals surface area (Å²) in [7, 11) is -3.46. The van der Waals surface area contributed by atoms with E-state index in [0.717, 1.165) is 41.9 Å². The molecule has 1 fully saturated rings. The number of benzene rings is 1. The summed E-state index contributed by atoms with van der Waals surface area (Å²) in [5, 5.41) is 3.90. The van der Waals surface area contributed by atoms with E-state index in [-0.39, 0.29) is 4.90 Å². The predicted molar refractivity (Wildman–Crippen MR) is 116 cm³/mol. The highest BCUT2D eigenvalue weighted by atomic mass is 32.2. The molecule has 30 heavy (non-hydrogen) atoms. The van der Waals surface area contributed by atoms with Gasteiger partial charge in [0.15, 0.2) is 9.84 Å². The van der Waals surface area contributed by atoms with Crippen LogP contribution in [0.2, 0.25) is 0 Å². The third kappa shape index (κ3) is 4.44. The van der Waals surface area contributed by atoms with Crippen LogP contribution < -0.4 is 5.32 Å². The number of piperidine rings is 1.